The van der Waals surface area contributed by atoms with Crippen LogP contribution in [0.5, 0.6) is 5.75 Å². The summed E-state index contributed by atoms with van der Waals surface area (Å²) in [6, 6.07) is 6.30. The minimum atomic E-state index is 0.378. The lowest BCUT2D eigenvalue weighted by atomic mass is 9.89. The van der Waals surface area contributed by atoms with Crippen LogP contribution in [0.15, 0.2) is 23.1 Å². The SMILES string of the molecule is CCSc1cccc(OC2CCC(C)CC2)c1CN. The molecule has 1 saturated carbocycles. The zero-order valence-corrected chi connectivity index (χ0v) is 12.8. The molecule has 0 amide bonds. The molecule has 0 unspecified atom stereocenters. The largest absolute Gasteiger partial charge is 0.490 e. The summed E-state index contributed by atoms with van der Waals surface area (Å²) in [6.45, 7) is 5.06. The molecule has 1 aromatic rings. The van der Waals surface area contributed by atoms with E-state index in [1.54, 1.807) is 0 Å². The molecule has 0 aliphatic heterocycles. The van der Waals surface area contributed by atoms with E-state index in [0.717, 1.165) is 17.4 Å². The minimum absolute atomic E-state index is 0.378. The second-order valence-corrected chi connectivity index (χ2v) is 6.68. The number of nitrogens with two attached hydrogens (primary N) is 1. The first kappa shape index (κ1) is 14.7. The molecule has 0 bridgehead atoms. The fourth-order valence-electron chi connectivity index (χ4n) is 2.67. The molecule has 19 heavy (non-hydrogen) atoms. The summed E-state index contributed by atoms with van der Waals surface area (Å²) in [5, 5.41) is 0. The van der Waals surface area contributed by atoms with Crippen molar-refractivity contribution in [3.8, 4) is 5.75 Å². The third kappa shape index (κ3) is 3.90. The number of rotatable bonds is 5. The Labute approximate surface area is 121 Å². The fourth-order valence-corrected chi connectivity index (χ4v) is 3.52. The van der Waals surface area contributed by atoms with Crippen LogP contribution in [-0.2, 0) is 6.54 Å². The molecule has 3 heteroatoms. The lowest BCUT2D eigenvalue weighted by Gasteiger charge is -2.28. The van der Waals surface area contributed by atoms with Gasteiger partial charge in [-0.2, -0.15) is 0 Å². The summed E-state index contributed by atoms with van der Waals surface area (Å²) >= 11 is 1.84. The molecule has 0 aromatic heterocycles. The predicted molar refractivity (Wildman–Crippen MR) is 82.8 cm³/mol. The van der Waals surface area contributed by atoms with Crippen molar-refractivity contribution < 1.29 is 4.74 Å². The highest BCUT2D eigenvalue weighted by atomic mass is 32.2. The van der Waals surface area contributed by atoms with Gasteiger partial charge in [-0.3, -0.25) is 0 Å². The normalized spacial score (nSPS) is 23.3. The van der Waals surface area contributed by atoms with Gasteiger partial charge in [0.15, 0.2) is 0 Å². The van der Waals surface area contributed by atoms with Crippen LogP contribution < -0.4 is 10.5 Å². The summed E-state index contributed by atoms with van der Waals surface area (Å²) in [7, 11) is 0. The van der Waals surface area contributed by atoms with Gasteiger partial charge in [0.1, 0.15) is 5.75 Å². The molecule has 0 radical (unpaired) electrons. The summed E-state index contributed by atoms with van der Waals surface area (Å²) in [5.41, 5.74) is 7.09. The van der Waals surface area contributed by atoms with Crippen LogP contribution in [0, 0.1) is 5.92 Å². The Bertz CT molecular complexity index is 400. The molecule has 1 aromatic carbocycles. The van der Waals surface area contributed by atoms with Crippen LogP contribution in [0.4, 0.5) is 0 Å². The molecule has 0 atom stereocenters. The van der Waals surface area contributed by atoms with Gasteiger partial charge >= 0.3 is 0 Å². The van der Waals surface area contributed by atoms with E-state index in [0.29, 0.717) is 12.6 Å². The van der Waals surface area contributed by atoms with Crippen molar-refractivity contribution in [3.63, 3.8) is 0 Å². The van der Waals surface area contributed by atoms with E-state index in [2.05, 4.69) is 32.0 Å². The second kappa shape index (κ2) is 7.20. The zero-order chi connectivity index (χ0) is 13.7. The Balaban J connectivity index is 2.08. The number of thioether (sulfide) groups is 1. The molecular formula is C16H25NOS. The summed E-state index contributed by atoms with van der Waals surface area (Å²) < 4.78 is 6.22. The van der Waals surface area contributed by atoms with E-state index in [1.165, 1.54) is 36.1 Å². The topological polar surface area (TPSA) is 35.2 Å². The minimum Gasteiger partial charge on any atom is -0.490 e. The molecule has 2 N–H and O–H groups in total. The molecule has 0 spiro atoms. The Hall–Kier alpha value is -0.670. The molecule has 1 aliphatic rings. The first-order valence-corrected chi connectivity index (χ1v) is 8.34. The van der Waals surface area contributed by atoms with E-state index in [9.17, 15) is 0 Å². The highest BCUT2D eigenvalue weighted by molar-refractivity contribution is 7.99. The first-order valence-electron chi connectivity index (χ1n) is 7.36. The smallest absolute Gasteiger partial charge is 0.125 e. The van der Waals surface area contributed by atoms with Crippen LogP contribution in [0.3, 0.4) is 0 Å². The van der Waals surface area contributed by atoms with Crippen LogP contribution in [0.2, 0.25) is 0 Å². The van der Waals surface area contributed by atoms with Gasteiger partial charge in [-0.1, -0.05) is 19.9 Å². The molecular weight excluding hydrogens is 254 g/mol. The van der Waals surface area contributed by atoms with Gasteiger partial charge in [-0.15, -0.1) is 11.8 Å². The van der Waals surface area contributed by atoms with Crippen LogP contribution in [0.25, 0.3) is 0 Å². The summed E-state index contributed by atoms with van der Waals surface area (Å²) in [6.07, 6.45) is 5.30. The van der Waals surface area contributed by atoms with Crippen molar-refractivity contribution >= 4 is 11.8 Å². The van der Waals surface area contributed by atoms with Gasteiger partial charge in [0, 0.05) is 17.0 Å². The quantitative estimate of drug-likeness (QED) is 0.820. The average Bonchev–Trinajstić information content (AvgIpc) is 2.42. The third-order valence-corrected chi connectivity index (χ3v) is 4.83. The lowest BCUT2D eigenvalue weighted by molar-refractivity contribution is 0.134. The molecule has 0 heterocycles. The maximum absolute atomic E-state index is 6.22. The van der Waals surface area contributed by atoms with Gasteiger partial charge < -0.3 is 10.5 Å². The van der Waals surface area contributed by atoms with Crippen molar-refractivity contribution in [3.05, 3.63) is 23.8 Å². The fraction of sp³-hybridized carbons (Fsp3) is 0.625. The second-order valence-electron chi connectivity index (χ2n) is 5.37. The Kier molecular flexibility index (Phi) is 5.59. The third-order valence-electron chi connectivity index (χ3n) is 3.85. The molecule has 1 fully saturated rings. The van der Waals surface area contributed by atoms with Crippen molar-refractivity contribution in [2.45, 2.75) is 57.1 Å². The average molecular weight is 279 g/mol. The van der Waals surface area contributed by atoms with E-state index in [4.69, 9.17) is 10.5 Å². The summed E-state index contributed by atoms with van der Waals surface area (Å²) in [4.78, 5) is 1.27. The van der Waals surface area contributed by atoms with Crippen molar-refractivity contribution in [2.24, 2.45) is 11.7 Å². The number of ether oxygens (including phenoxy) is 1. The van der Waals surface area contributed by atoms with Gasteiger partial charge in [0.05, 0.1) is 6.10 Å². The zero-order valence-electron chi connectivity index (χ0n) is 12.0. The van der Waals surface area contributed by atoms with Crippen LogP contribution >= 0.6 is 11.8 Å². The Morgan fingerprint density at radius 1 is 1.26 bits per heavy atom. The van der Waals surface area contributed by atoms with E-state index >= 15 is 0 Å². The highest BCUT2D eigenvalue weighted by Crippen LogP contribution is 2.33. The lowest BCUT2D eigenvalue weighted by Crippen LogP contribution is -2.23. The van der Waals surface area contributed by atoms with Gasteiger partial charge in [0.25, 0.3) is 0 Å². The van der Waals surface area contributed by atoms with Gasteiger partial charge in [0.2, 0.25) is 0 Å². The maximum atomic E-state index is 6.22. The highest BCUT2D eigenvalue weighted by Gasteiger charge is 2.20. The molecule has 106 valence electrons. The standard InChI is InChI=1S/C16H25NOS/c1-3-19-16-6-4-5-15(14(16)11-17)18-13-9-7-12(2)8-10-13/h4-6,12-13H,3,7-11,17H2,1-2H3. The summed E-state index contributed by atoms with van der Waals surface area (Å²) in [5.74, 6) is 2.92. The van der Waals surface area contributed by atoms with Crippen molar-refractivity contribution in [2.75, 3.05) is 5.75 Å². The molecule has 1 aliphatic carbocycles. The van der Waals surface area contributed by atoms with Gasteiger partial charge in [-0.05, 0) is 49.5 Å². The molecule has 0 saturated heterocycles. The van der Waals surface area contributed by atoms with E-state index < -0.39 is 0 Å². The Morgan fingerprint density at radius 2 is 2.00 bits per heavy atom. The monoisotopic (exact) mass is 279 g/mol. The van der Waals surface area contributed by atoms with Crippen molar-refractivity contribution in [1.82, 2.24) is 0 Å². The number of hydrogen-bond donors (Lipinski definition) is 1. The van der Waals surface area contributed by atoms with E-state index in [-0.39, 0.29) is 0 Å². The Morgan fingerprint density at radius 3 is 2.63 bits per heavy atom. The van der Waals surface area contributed by atoms with E-state index in [1.807, 2.05) is 11.8 Å². The van der Waals surface area contributed by atoms with Crippen LogP contribution in [-0.4, -0.2) is 11.9 Å². The number of benzene rings is 1. The predicted octanol–water partition coefficient (Wildman–Crippen LogP) is 4.21. The maximum Gasteiger partial charge on any atom is 0.125 e. The molecule has 2 nitrogen and oxygen atoms in total. The van der Waals surface area contributed by atoms with Crippen molar-refractivity contribution in [1.29, 1.82) is 0 Å². The molecule has 2 rings (SSSR count). The van der Waals surface area contributed by atoms with Gasteiger partial charge in [-0.25, -0.2) is 0 Å². The first-order chi connectivity index (χ1) is 9.24. The van der Waals surface area contributed by atoms with Crippen LogP contribution in [0.1, 0.15) is 45.1 Å². The number of hydrogen-bond acceptors (Lipinski definition) is 3.